The van der Waals surface area contributed by atoms with Crippen molar-refractivity contribution in [1.82, 2.24) is 0 Å². The van der Waals surface area contributed by atoms with Crippen molar-refractivity contribution in [2.24, 2.45) is 0 Å². The van der Waals surface area contributed by atoms with Crippen LogP contribution in [0.15, 0.2) is 48.5 Å². The summed E-state index contributed by atoms with van der Waals surface area (Å²) in [5.74, 6) is -0.787. The molecule has 1 aliphatic rings. The molecular weight excluding hydrogens is 442 g/mol. The molecule has 2 atom stereocenters. The van der Waals surface area contributed by atoms with Gasteiger partial charge in [-0.25, -0.2) is 13.2 Å². The van der Waals surface area contributed by atoms with Crippen LogP contribution in [0, 0.1) is 6.92 Å². The largest absolute Gasteiger partial charge is 0.479 e. The fraction of sp³-hybridized carbons (Fsp3) is 0.364. The molecule has 1 amide bonds. The van der Waals surface area contributed by atoms with Crippen molar-refractivity contribution in [1.29, 1.82) is 0 Å². The van der Waals surface area contributed by atoms with Gasteiger partial charge in [0, 0.05) is 10.7 Å². The highest BCUT2D eigenvalue weighted by molar-refractivity contribution is 7.91. The fourth-order valence-corrected chi connectivity index (χ4v) is 5.36. The van der Waals surface area contributed by atoms with E-state index in [0.29, 0.717) is 22.9 Å². The van der Waals surface area contributed by atoms with Gasteiger partial charge >= 0.3 is 5.97 Å². The summed E-state index contributed by atoms with van der Waals surface area (Å²) in [7, 11) is -3.20. The van der Waals surface area contributed by atoms with Gasteiger partial charge in [-0.2, -0.15) is 0 Å². The summed E-state index contributed by atoms with van der Waals surface area (Å²) in [5, 5.41) is 0.556. The topological polar surface area (TPSA) is 90.0 Å². The zero-order valence-electron chi connectivity index (χ0n) is 17.3. The Labute approximate surface area is 186 Å². The third-order valence-electron chi connectivity index (χ3n) is 4.99. The second-order valence-corrected chi connectivity index (χ2v) is 10.1. The van der Waals surface area contributed by atoms with Crippen LogP contribution < -0.4 is 9.64 Å². The number of hydrogen-bond acceptors (Lipinski definition) is 6. The van der Waals surface area contributed by atoms with Crippen LogP contribution in [0.3, 0.4) is 0 Å². The Morgan fingerprint density at radius 2 is 1.90 bits per heavy atom. The highest BCUT2D eigenvalue weighted by Gasteiger charge is 2.36. The molecule has 7 nitrogen and oxygen atoms in total. The van der Waals surface area contributed by atoms with Gasteiger partial charge in [0.1, 0.15) is 5.75 Å². The van der Waals surface area contributed by atoms with Crippen LogP contribution in [0.1, 0.15) is 18.9 Å². The summed E-state index contributed by atoms with van der Waals surface area (Å²) < 4.78 is 34.7. The minimum Gasteiger partial charge on any atom is -0.479 e. The maximum absolute atomic E-state index is 12.9. The van der Waals surface area contributed by atoms with Crippen molar-refractivity contribution >= 4 is 39.0 Å². The monoisotopic (exact) mass is 465 g/mol. The highest BCUT2D eigenvalue weighted by atomic mass is 35.5. The molecule has 1 aliphatic heterocycles. The van der Waals surface area contributed by atoms with Crippen molar-refractivity contribution in [3.8, 4) is 5.75 Å². The first-order chi connectivity index (χ1) is 14.7. The number of halogens is 1. The van der Waals surface area contributed by atoms with Crippen molar-refractivity contribution in [3.05, 3.63) is 59.1 Å². The molecule has 166 valence electrons. The van der Waals surface area contributed by atoms with E-state index in [1.54, 1.807) is 55.5 Å². The van der Waals surface area contributed by atoms with Gasteiger partial charge in [-0.15, -0.1) is 0 Å². The number of anilines is 1. The van der Waals surface area contributed by atoms with E-state index in [9.17, 15) is 18.0 Å². The molecule has 31 heavy (non-hydrogen) atoms. The van der Waals surface area contributed by atoms with Crippen LogP contribution >= 0.6 is 11.6 Å². The molecule has 0 aliphatic carbocycles. The molecule has 1 saturated heterocycles. The lowest BCUT2D eigenvalue weighted by Crippen LogP contribution is -2.44. The molecule has 0 aromatic heterocycles. The quantitative estimate of drug-likeness (QED) is 0.583. The van der Waals surface area contributed by atoms with Gasteiger partial charge in [0.25, 0.3) is 5.91 Å². The van der Waals surface area contributed by atoms with Gasteiger partial charge in [-0.05, 0) is 56.2 Å². The zero-order valence-corrected chi connectivity index (χ0v) is 18.9. The minimum atomic E-state index is -3.20. The summed E-state index contributed by atoms with van der Waals surface area (Å²) in [6.07, 6.45) is -0.601. The predicted octanol–water partition coefficient (Wildman–Crippen LogP) is 3.18. The molecule has 0 radical (unpaired) electrons. The van der Waals surface area contributed by atoms with Crippen LogP contribution in [0.25, 0.3) is 0 Å². The number of carbonyl (C=O) groups is 2. The smallest absolute Gasteiger partial charge is 0.347 e. The second-order valence-electron chi connectivity index (χ2n) is 7.43. The lowest BCUT2D eigenvalue weighted by molar-refractivity contribution is -0.154. The average Bonchev–Trinajstić information content (AvgIpc) is 3.08. The average molecular weight is 466 g/mol. The first kappa shape index (κ1) is 23.1. The number of esters is 1. The summed E-state index contributed by atoms with van der Waals surface area (Å²) in [4.78, 5) is 26.7. The normalized spacial score (nSPS) is 18.2. The molecular formula is C22H24ClNO6S. The number of rotatable bonds is 7. The Kier molecular flexibility index (Phi) is 7.23. The maximum atomic E-state index is 12.9. The second kappa shape index (κ2) is 9.70. The number of para-hydroxylation sites is 1. The predicted molar refractivity (Wildman–Crippen MR) is 118 cm³/mol. The molecule has 3 rings (SSSR count). The highest BCUT2D eigenvalue weighted by Crippen LogP contribution is 2.25. The van der Waals surface area contributed by atoms with Crippen LogP contribution in [-0.2, 0) is 24.2 Å². The molecule has 0 bridgehead atoms. The number of hydrogen-bond donors (Lipinski definition) is 0. The van der Waals surface area contributed by atoms with Gasteiger partial charge in [-0.3, -0.25) is 4.79 Å². The lowest BCUT2D eigenvalue weighted by Gasteiger charge is -2.28. The standard InChI is InChI=1S/C22H24ClNO6S/c1-15-12-17(23)8-9-20(15)30-16(2)22(26)29-13-21(25)24(18-6-4-3-5-7-18)19-10-11-31(27,28)14-19/h3-9,12,16,19H,10-11,13-14H2,1-2H3. The maximum Gasteiger partial charge on any atom is 0.347 e. The van der Waals surface area contributed by atoms with E-state index in [4.69, 9.17) is 21.1 Å². The lowest BCUT2D eigenvalue weighted by atomic mass is 10.2. The summed E-state index contributed by atoms with van der Waals surface area (Å²) in [6.45, 7) is 2.81. The first-order valence-corrected chi connectivity index (χ1v) is 12.0. The van der Waals surface area contributed by atoms with E-state index in [2.05, 4.69) is 0 Å². The van der Waals surface area contributed by atoms with Crippen molar-refractivity contribution in [2.75, 3.05) is 23.0 Å². The number of carbonyl (C=O) groups excluding carboxylic acids is 2. The van der Waals surface area contributed by atoms with Crippen LogP contribution in [0.2, 0.25) is 5.02 Å². The van der Waals surface area contributed by atoms with E-state index in [-0.39, 0.29) is 11.5 Å². The van der Waals surface area contributed by atoms with Crippen LogP contribution in [-0.4, -0.2) is 50.6 Å². The zero-order chi connectivity index (χ0) is 22.6. The fourth-order valence-electron chi connectivity index (χ4n) is 3.43. The van der Waals surface area contributed by atoms with Crippen LogP contribution in [0.5, 0.6) is 5.75 Å². The molecule has 2 aromatic carbocycles. The first-order valence-electron chi connectivity index (χ1n) is 9.83. The van der Waals surface area contributed by atoms with Gasteiger partial charge < -0.3 is 14.4 Å². The SMILES string of the molecule is Cc1cc(Cl)ccc1OC(C)C(=O)OCC(=O)N(c1ccccc1)C1CCS(=O)(=O)C1. The molecule has 1 heterocycles. The third-order valence-corrected chi connectivity index (χ3v) is 6.97. The Bertz CT molecular complexity index is 1060. The minimum absolute atomic E-state index is 0.0272. The molecule has 0 N–H and O–H groups in total. The van der Waals surface area contributed by atoms with E-state index < -0.39 is 40.5 Å². The van der Waals surface area contributed by atoms with E-state index in [0.717, 1.165) is 5.56 Å². The Morgan fingerprint density at radius 1 is 1.19 bits per heavy atom. The van der Waals surface area contributed by atoms with Gasteiger partial charge in [0.2, 0.25) is 0 Å². The van der Waals surface area contributed by atoms with E-state index in [1.165, 1.54) is 11.8 Å². The van der Waals surface area contributed by atoms with Crippen LogP contribution in [0.4, 0.5) is 5.69 Å². The van der Waals surface area contributed by atoms with Gasteiger partial charge in [-0.1, -0.05) is 29.8 Å². The Balaban J connectivity index is 1.65. The molecule has 0 spiro atoms. The van der Waals surface area contributed by atoms with Crippen molar-refractivity contribution in [3.63, 3.8) is 0 Å². The van der Waals surface area contributed by atoms with Crippen molar-refractivity contribution < 1.29 is 27.5 Å². The Morgan fingerprint density at radius 3 is 2.52 bits per heavy atom. The Hall–Kier alpha value is -2.58. The van der Waals surface area contributed by atoms with E-state index in [1.807, 2.05) is 0 Å². The molecule has 9 heteroatoms. The summed E-state index contributed by atoms with van der Waals surface area (Å²) in [6, 6.07) is 13.3. The number of benzene rings is 2. The van der Waals surface area contributed by atoms with Gasteiger partial charge in [0.05, 0.1) is 17.5 Å². The number of amides is 1. The molecule has 2 aromatic rings. The van der Waals surface area contributed by atoms with Crippen molar-refractivity contribution in [2.45, 2.75) is 32.4 Å². The van der Waals surface area contributed by atoms with E-state index >= 15 is 0 Å². The summed E-state index contributed by atoms with van der Waals surface area (Å²) in [5.41, 5.74) is 1.33. The van der Waals surface area contributed by atoms with Gasteiger partial charge in [0.15, 0.2) is 22.5 Å². The number of ether oxygens (including phenoxy) is 2. The molecule has 0 saturated carbocycles. The molecule has 1 fully saturated rings. The molecule has 2 unspecified atom stereocenters. The number of aryl methyl sites for hydroxylation is 1. The number of sulfone groups is 1. The number of nitrogens with zero attached hydrogens (tertiary/aromatic N) is 1. The summed E-state index contributed by atoms with van der Waals surface area (Å²) >= 11 is 5.93. The third kappa shape index (κ3) is 5.98.